The van der Waals surface area contributed by atoms with Crippen molar-refractivity contribution in [2.24, 2.45) is 10.3 Å². The first-order valence-electron chi connectivity index (χ1n) is 10.3. The second-order valence-electron chi connectivity index (χ2n) is 7.40. The molecule has 0 radical (unpaired) electrons. The molecule has 1 unspecified atom stereocenters. The third kappa shape index (κ3) is 4.26. The zero-order valence-corrected chi connectivity index (χ0v) is 17.3. The Morgan fingerprint density at radius 2 is 1.87 bits per heavy atom. The lowest BCUT2D eigenvalue weighted by Crippen LogP contribution is -2.36. The van der Waals surface area contributed by atoms with Crippen LogP contribution in [0.1, 0.15) is 6.92 Å². The molecule has 1 saturated heterocycles. The maximum atomic E-state index is 5.46. The number of hydrazine groups is 1. The average Bonchev–Trinajstić information content (AvgIpc) is 3.26. The van der Waals surface area contributed by atoms with Crippen LogP contribution in [-0.4, -0.2) is 42.4 Å². The van der Waals surface area contributed by atoms with Gasteiger partial charge in [0, 0.05) is 36.2 Å². The van der Waals surface area contributed by atoms with Gasteiger partial charge in [0.1, 0.15) is 0 Å². The van der Waals surface area contributed by atoms with Gasteiger partial charge in [-0.3, -0.25) is 0 Å². The lowest BCUT2D eigenvalue weighted by molar-refractivity contribution is 0.122. The van der Waals surface area contributed by atoms with Crippen molar-refractivity contribution in [1.29, 1.82) is 0 Å². The summed E-state index contributed by atoms with van der Waals surface area (Å²) in [7, 11) is 0. The van der Waals surface area contributed by atoms with Crippen molar-refractivity contribution in [2.75, 3.05) is 41.5 Å². The molecular formula is C22H24N8O. The maximum Gasteiger partial charge on any atom is 0.227 e. The average molecular weight is 416 g/mol. The van der Waals surface area contributed by atoms with Crippen LogP contribution in [0.25, 0.3) is 11.3 Å². The summed E-state index contributed by atoms with van der Waals surface area (Å²) in [6.07, 6.45) is 1.74. The smallest absolute Gasteiger partial charge is 0.227 e. The van der Waals surface area contributed by atoms with Gasteiger partial charge in [0.25, 0.3) is 0 Å². The van der Waals surface area contributed by atoms with Crippen LogP contribution in [0.5, 0.6) is 0 Å². The van der Waals surface area contributed by atoms with Crippen molar-refractivity contribution in [3.05, 3.63) is 60.8 Å². The Morgan fingerprint density at radius 3 is 2.65 bits per heavy atom. The molecule has 0 aliphatic carbocycles. The van der Waals surface area contributed by atoms with Gasteiger partial charge in [-0.2, -0.15) is 5.53 Å². The Kier molecular flexibility index (Phi) is 5.32. The van der Waals surface area contributed by atoms with Crippen molar-refractivity contribution in [2.45, 2.75) is 13.1 Å². The first kappa shape index (κ1) is 19.3. The van der Waals surface area contributed by atoms with Crippen molar-refractivity contribution in [1.82, 2.24) is 15.5 Å². The van der Waals surface area contributed by atoms with Crippen molar-refractivity contribution >= 4 is 23.0 Å². The van der Waals surface area contributed by atoms with Crippen LogP contribution in [0, 0.1) is 0 Å². The summed E-state index contributed by atoms with van der Waals surface area (Å²) in [5.41, 5.74) is 7.90. The van der Waals surface area contributed by atoms with E-state index >= 15 is 0 Å². The highest BCUT2D eigenvalue weighted by atomic mass is 16.5. The summed E-state index contributed by atoms with van der Waals surface area (Å²) in [5.74, 6) is 0.555. The lowest BCUT2D eigenvalue weighted by Gasteiger charge is -2.29. The molecule has 2 aliphatic rings. The van der Waals surface area contributed by atoms with E-state index in [2.05, 4.69) is 55.3 Å². The number of rotatable bonds is 5. The van der Waals surface area contributed by atoms with Crippen molar-refractivity contribution in [3.8, 4) is 11.3 Å². The summed E-state index contributed by atoms with van der Waals surface area (Å²) >= 11 is 0. The minimum Gasteiger partial charge on any atom is -0.378 e. The number of aromatic nitrogens is 2. The van der Waals surface area contributed by atoms with Gasteiger partial charge >= 0.3 is 0 Å². The molecule has 1 aromatic heterocycles. The molecule has 2 aliphatic heterocycles. The van der Waals surface area contributed by atoms with Crippen LogP contribution in [0.3, 0.4) is 0 Å². The van der Waals surface area contributed by atoms with Gasteiger partial charge in [-0.25, -0.2) is 15.0 Å². The zero-order chi connectivity index (χ0) is 21.0. The number of ether oxygens (including phenoxy) is 1. The van der Waals surface area contributed by atoms with Gasteiger partial charge in [-0.05, 0) is 49.4 Å². The van der Waals surface area contributed by atoms with E-state index in [1.165, 1.54) is 5.69 Å². The predicted octanol–water partition coefficient (Wildman–Crippen LogP) is 3.76. The number of nitrogens with zero attached hydrogens (tertiary/aromatic N) is 6. The molecule has 2 aromatic carbocycles. The molecule has 0 amide bonds. The van der Waals surface area contributed by atoms with E-state index in [0.29, 0.717) is 5.95 Å². The van der Waals surface area contributed by atoms with Gasteiger partial charge in [0.05, 0.1) is 24.6 Å². The summed E-state index contributed by atoms with van der Waals surface area (Å²) in [6.45, 7) is 5.32. The Morgan fingerprint density at radius 1 is 1.03 bits per heavy atom. The summed E-state index contributed by atoms with van der Waals surface area (Å²) < 4.78 is 5.46. The molecule has 3 heterocycles. The Balaban J connectivity index is 1.31. The Bertz CT molecular complexity index is 1070. The van der Waals surface area contributed by atoms with Crippen LogP contribution < -0.4 is 20.8 Å². The van der Waals surface area contributed by atoms with E-state index in [9.17, 15) is 0 Å². The minimum atomic E-state index is -0.0351. The molecule has 9 heteroatoms. The van der Waals surface area contributed by atoms with Crippen LogP contribution in [0.15, 0.2) is 71.1 Å². The largest absolute Gasteiger partial charge is 0.378 e. The molecule has 3 aromatic rings. The van der Waals surface area contributed by atoms with Crippen molar-refractivity contribution < 1.29 is 4.74 Å². The molecule has 0 saturated carbocycles. The number of nitrogens with one attached hydrogen (secondary N) is 2. The second-order valence-corrected chi connectivity index (χ2v) is 7.40. The SMILES string of the molecule is CC1N=NNN1c1ccc(Nc2nccc(-c3cccc(N4CCOCC4)c3)n2)cc1. The molecule has 31 heavy (non-hydrogen) atoms. The normalized spacial score (nSPS) is 18.2. The Hall–Kier alpha value is -3.72. The fourth-order valence-corrected chi connectivity index (χ4v) is 3.66. The molecule has 1 fully saturated rings. The molecule has 158 valence electrons. The zero-order valence-electron chi connectivity index (χ0n) is 17.3. The van der Waals surface area contributed by atoms with Gasteiger partial charge < -0.3 is 15.0 Å². The molecular weight excluding hydrogens is 392 g/mol. The molecule has 0 bridgehead atoms. The van der Waals surface area contributed by atoms with Gasteiger partial charge in [0.15, 0.2) is 6.17 Å². The summed E-state index contributed by atoms with van der Waals surface area (Å²) in [5, 5.41) is 13.1. The maximum absolute atomic E-state index is 5.46. The highest BCUT2D eigenvalue weighted by molar-refractivity contribution is 5.67. The number of benzene rings is 2. The summed E-state index contributed by atoms with van der Waals surface area (Å²) in [4.78, 5) is 11.4. The third-order valence-corrected chi connectivity index (χ3v) is 5.33. The Labute approximate surface area is 180 Å². The van der Waals surface area contributed by atoms with E-state index in [0.717, 1.165) is 48.9 Å². The van der Waals surface area contributed by atoms with Crippen LogP contribution >= 0.6 is 0 Å². The van der Waals surface area contributed by atoms with Gasteiger partial charge in [-0.15, -0.1) is 5.11 Å². The molecule has 2 N–H and O–H groups in total. The molecule has 1 atom stereocenters. The standard InChI is InChI=1S/C22H24N8O/c1-16-26-27-28-30(16)19-7-5-18(6-8-19)24-22-23-10-9-21(25-22)17-3-2-4-20(15-17)29-11-13-31-14-12-29/h2-10,15-16H,11-14H2,1H3,(H,26,28)(H,23,24,25). The molecule has 0 spiro atoms. The summed E-state index contributed by atoms with van der Waals surface area (Å²) in [6, 6.07) is 18.3. The molecule has 9 nitrogen and oxygen atoms in total. The van der Waals surface area contributed by atoms with Crippen LogP contribution in [0.4, 0.5) is 23.0 Å². The first-order valence-corrected chi connectivity index (χ1v) is 10.3. The number of anilines is 4. The van der Waals surface area contributed by atoms with Crippen LogP contribution in [0.2, 0.25) is 0 Å². The minimum absolute atomic E-state index is 0.0351. The number of hydrogen-bond donors (Lipinski definition) is 2. The third-order valence-electron chi connectivity index (χ3n) is 5.33. The van der Waals surface area contributed by atoms with E-state index in [1.54, 1.807) is 6.20 Å². The lowest BCUT2D eigenvalue weighted by atomic mass is 10.1. The van der Waals surface area contributed by atoms with Crippen LogP contribution in [-0.2, 0) is 4.74 Å². The highest BCUT2D eigenvalue weighted by Gasteiger charge is 2.18. The van der Waals surface area contributed by atoms with E-state index in [1.807, 2.05) is 42.3 Å². The van der Waals surface area contributed by atoms with E-state index in [4.69, 9.17) is 9.72 Å². The first-order chi connectivity index (χ1) is 15.3. The topological polar surface area (TPSA) is 90.3 Å². The fraction of sp³-hybridized carbons (Fsp3) is 0.273. The highest BCUT2D eigenvalue weighted by Crippen LogP contribution is 2.26. The van der Waals surface area contributed by atoms with Gasteiger partial charge in [0.2, 0.25) is 5.95 Å². The van der Waals surface area contributed by atoms with E-state index in [-0.39, 0.29) is 6.17 Å². The second kappa shape index (κ2) is 8.57. The van der Waals surface area contributed by atoms with Gasteiger partial charge in [-0.1, -0.05) is 17.4 Å². The monoisotopic (exact) mass is 416 g/mol. The quantitative estimate of drug-likeness (QED) is 0.654. The number of hydrogen-bond acceptors (Lipinski definition) is 9. The predicted molar refractivity (Wildman–Crippen MR) is 120 cm³/mol. The van der Waals surface area contributed by atoms with Crippen molar-refractivity contribution in [3.63, 3.8) is 0 Å². The fourth-order valence-electron chi connectivity index (χ4n) is 3.66. The van der Waals surface area contributed by atoms with E-state index < -0.39 is 0 Å². The molecule has 5 rings (SSSR count). The number of morpholine rings is 1.